The molecule has 14 heteroatoms. The number of benzene rings is 2. The van der Waals surface area contributed by atoms with E-state index in [1.165, 1.54) is 18.2 Å². The van der Waals surface area contributed by atoms with E-state index in [0.717, 1.165) is 42.6 Å². The second-order valence-corrected chi connectivity index (χ2v) is 11.7. The van der Waals surface area contributed by atoms with E-state index < -0.39 is 57.6 Å². The Morgan fingerprint density at radius 2 is 1.86 bits per heavy atom. The third-order valence-electron chi connectivity index (χ3n) is 5.45. The molecular weight excluding hydrogens is 530 g/mol. The van der Waals surface area contributed by atoms with E-state index in [4.69, 9.17) is 5.11 Å². The van der Waals surface area contributed by atoms with E-state index in [0.29, 0.717) is 4.70 Å². The summed E-state index contributed by atoms with van der Waals surface area (Å²) < 4.78 is 54.6. The van der Waals surface area contributed by atoms with Crippen molar-refractivity contribution < 1.29 is 36.7 Å². The molecular formula is C23H22F2N4O6S2. The van der Waals surface area contributed by atoms with Crippen LogP contribution in [0.4, 0.5) is 14.5 Å². The number of rotatable bonds is 9. The lowest BCUT2D eigenvalue weighted by Gasteiger charge is -2.12. The molecule has 4 N–H and O–H groups in total. The summed E-state index contributed by atoms with van der Waals surface area (Å²) in [5.41, 5.74) is 0.0188. The van der Waals surface area contributed by atoms with Crippen LogP contribution < -0.4 is 16.0 Å². The molecule has 0 aliphatic heterocycles. The van der Waals surface area contributed by atoms with Gasteiger partial charge in [0.1, 0.15) is 23.2 Å². The summed E-state index contributed by atoms with van der Waals surface area (Å²) in [6, 6.07) is 6.05. The van der Waals surface area contributed by atoms with Gasteiger partial charge < -0.3 is 21.1 Å². The Morgan fingerprint density at radius 3 is 2.49 bits per heavy atom. The van der Waals surface area contributed by atoms with Gasteiger partial charge in [0.25, 0.3) is 0 Å². The maximum atomic E-state index is 14.9. The molecule has 1 aliphatic carbocycles. The van der Waals surface area contributed by atoms with Crippen LogP contribution in [0.15, 0.2) is 30.3 Å². The molecule has 1 aliphatic rings. The van der Waals surface area contributed by atoms with Gasteiger partial charge in [0.2, 0.25) is 17.7 Å². The number of amides is 3. The Labute approximate surface area is 214 Å². The minimum absolute atomic E-state index is 0.0151. The summed E-state index contributed by atoms with van der Waals surface area (Å²) in [4.78, 5) is 40.1. The number of aliphatic hydroxyl groups excluding tert-OH is 1. The average Bonchev–Trinajstić information content (AvgIpc) is 3.54. The molecule has 196 valence electrons. The molecule has 1 atom stereocenters. The van der Waals surface area contributed by atoms with Gasteiger partial charge in [-0.05, 0) is 36.6 Å². The topological polar surface area (TPSA) is 155 Å². The number of hydrogen-bond donors (Lipinski definition) is 4. The van der Waals surface area contributed by atoms with Crippen molar-refractivity contribution in [3.8, 4) is 11.1 Å². The van der Waals surface area contributed by atoms with Gasteiger partial charge in [0.15, 0.2) is 15.1 Å². The lowest BCUT2D eigenvalue weighted by molar-refractivity contribution is -0.126. The van der Waals surface area contributed by atoms with E-state index in [1.54, 1.807) is 0 Å². The molecule has 3 amide bonds. The lowest BCUT2D eigenvalue weighted by Crippen LogP contribution is -2.41. The van der Waals surface area contributed by atoms with Crippen LogP contribution in [0.5, 0.6) is 0 Å². The van der Waals surface area contributed by atoms with Crippen molar-refractivity contribution in [1.82, 2.24) is 15.6 Å². The number of fused-ring (bicyclic) bond motifs is 1. The molecule has 1 aromatic heterocycles. The number of carbonyl (C=O) groups excluding carboxylic acids is 3. The van der Waals surface area contributed by atoms with Crippen molar-refractivity contribution in [1.29, 1.82) is 0 Å². The summed E-state index contributed by atoms with van der Waals surface area (Å²) >= 11 is 0.855. The van der Waals surface area contributed by atoms with Gasteiger partial charge in [-0.25, -0.2) is 22.2 Å². The molecule has 0 spiro atoms. The minimum atomic E-state index is -4.01. The number of nitrogens with zero attached hydrogens (tertiary/aromatic N) is 1. The largest absolute Gasteiger partial charge is 0.387 e. The number of aromatic nitrogens is 1. The van der Waals surface area contributed by atoms with Crippen LogP contribution in [0.1, 0.15) is 23.1 Å². The second-order valence-electron chi connectivity index (χ2n) is 8.52. The van der Waals surface area contributed by atoms with Crippen LogP contribution >= 0.6 is 11.3 Å². The first kappa shape index (κ1) is 26.6. The van der Waals surface area contributed by atoms with E-state index in [2.05, 4.69) is 20.9 Å². The lowest BCUT2D eigenvalue weighted by atomic mass is 10.0. The number of sulfone groups is 1. The Balaban J connectivity index is 1.62. The first-order valence-corrected chi connectivity index (χ1v) is 13.8. The van der Waals surface area contributed by atoms with E-state index in [9.17, 15) is 31.6 Å². The van der Waals surface area contributed by atoms with Crippen molar-refractivity contribution in [3.63, 3.8) is 0 Å². The van der Waals surface area contributed by atoms with Crippen molar-refractivity contribution in [2.75, 3.05) is 24.7 Å². The first-order valence-electron chi connectivity index (χ1n) is 11.0. The molecule has 37 heavy (non-hydrogen) atoms. The zero-order chi connectivity index (χ0) is 26.9. The smallest absolute Gasteiger partial charge is 0.250 e. The number of anilines is 1. The second kappa shape index (κ2) is 10.5. The van der Waals surface area contributed by atoms with Crippen molar-refractivity contribution in [3.05, 3.63) is 47.0 Å². The molecule has 0 bridgehead atoms. The fourth-order valence-electron chi connectivity index (χ4n) is 3.53. The number of thiazole rings is 1. The molecule has 0 saturated heterocycles. The average molecular weight is 553 g/mol. The van der Waals surface area contributed by atoms with Crippen LogP contribution in [0.25, 0.3) is 21.3 Å². The fourth-order valence-corrected chi connectivity index (χ4v) is 6.06. The van der Waals surface area contributed by atoms with Crippen molar-refractivity contribution >= 4 is 54.8 Å². The molecule has 1 unspecified atom stereocenters. The van der Waals surface area contributed by atoms with E-state index in [1.807, 2.05) is 0 Å². The number of carbonyl (C=O) groups is 3. The third kappa shape index (κ3) is 6.26. The normalized spacial score (nSPS) is 14.3. The predicted octanol–water partition coefficient (Wildman–Crippen LogP) is 1.65. The molecule has 1 heterocycles. The molecule has 1 fully saturated rings. The highest BCUT2D eigenvalue weighted by Gasteiger charge is 2.34. The summed E-state index contributed by atoms with van der Waals surface area (Å²) in [6.07, 6.45) is 2.57. The number of nitrogens with one attached hydrogen (secondary N) is 3. The van der Waals surface area contributed by atoms with Crippen molar-refractivity contribution in [2.45, 2.75) is 24.1 Å². The first-order chi connectivity index (χ1) is 17.5. The van der Waals surface area contributed by atoms with Gasteiger partial charge in [-0.2, -0.15) is 0 Å². The Bertz CT molecular complexity index is 1500. The Kier molecular flexibility index (Phi) is 7.52. The highest BCUT2D eigenvalue weighted by Crippen LogP contribution is 2.35. The predicted molar refractivity (Wildman–Crippen MR) is 132 cm³/mol. The third-order valence-corrected chi connectivity index (χ3v) is 7.97. The zero-order valence-corrected chi connectivity index (χ0v) is 21.0. The Hall–Kier alpha value is -3.49. The van der Waals surface area contributed by atoms with Gasteiger partial charge in [-0.1, -0.05) is 6.07 Å². The Morgan fingerprint density at radius 1 is 1.14 bits per heavy atom. The van der Waals surface area contributed by atoms with Crippen LogP contribution in [0.2, 0.25) is 0 Å². The maximum absolute atomic E-state index is 14.9. The molecule has 0 radical (unpaired) electrons. The summed E-state index contributed by atoms with van der Waals surface area (Å²) in [7, 11) is -4.01. The number of hydrogen-bond acceptors (Lipinski definition) is 8. The van der Waals surface area contributed by atoms with Crippen LogP contribution in [-0.4, -0.2) is 61.7 Å². The molecule has 3 aromatic rings. The van der Waals surface area contributed by atoms with Crippen LogP contribution in [0.3, 0.4) is 0 Å². The zero-order valence-electron chi connectivity index (χ0n) is 19.4. The SMILES string of the molecule is CS(=O)(=O)C(C(=O)NCC(=O)NC1CC1)c1nc2cc(F)c(-c3ccc(NC(=O)CO)c(F)c3)cc2s1. The quantitative estimate of drug-likeness (QED) is 0.315. The molecule has 1 saturated carbocycles. The minimum Gasteiger partial charge on any atom is -0.387 e. The van der Waals surface area contributed by atoms with E-state index >= 15 is 0 Å². The summed E-state index contributed by atoms with van der Waals surface area (Å²) in [5, 5.41) is 14.1. The summed E-state index contributed by atoms with van der Waals surface area (Å²) in [5.74, 6) is -3.81. The van der Waals surface area contributed by atoms with Gasteiger partial charge in [-0.15, -0.1) is 11.3 Å². The van der Waals surface area contributed by atoms with Crippen molar-refractivity contribution in [2.24, 2.45) is 0 Å². The van der Waals surface area contributed by atoms with Gasteiger partial charge in [0, 0.05) is 23.9 Å². The molecule has 10 nitrogen and oxygen atoms in total. The maximum Gasteiger partial charge on any atom is 0.250 e. The van der Waals surface area contributed by atoms with Gasteiger partial charge in [0.05, 0.1) is 22.4 Å². The molecule has 2 aromatic carbocycles. The number of aliphatic hydroxyl groups is 1. The van der Waals surface area contributed by atoms with Gasteiger partial charge >= 0.3 is 0 Å². The van der Waals surface area contributed by atoms with Gasteiger partial charge in [-0.3, -0.25) is 14.4 Å². The highest BCUT2D eigenvalue weighted by molar-refractivity contribution is 7.91. The molecule has 4 rings (SSSR count). The fraction of sp³-hybridized carbons (Fsp3) is 0.304. The highest BCUT2D eigenvalue weighted by atomic mass is 32.2. The monoisotopic (exact) mass is 552 g/mol. The van der Waals surface area contributed by atoms with Crippen LogP contribution in [0, 0.1) is 11.6 Å². The standard InChI is InChI=1S/C23H22F2N4O6S2/c1-37(34,35)21(22(33)26-9-19(31)27-12-3-4-12)23-29-17-8-14(24)13(7-18(17)36-23)11-2-5-16(15(25)6-11)28-20(32)10-30/h2,5-8,12,21,30H,3-4,9-10H2,1H3,(H,26,33)(H,27,31)(H,28,32). The number of halogens is 2. The van der Waals surface area contributed by atoms with Crippen LogP contribution in [-0.2, 0) is 24.2 Å². The summed E-state index contributed by atoms with van der Waals surface area (Å²) in [6.45, 7) is -1.23. The van der Waals surface area contributed by atoms with E-state index in [-0.39, 0.29) is 33.4 Å².